The lowest BCUT2D eigenvalue weighted by Gasteiger charge is -2.02. The van der Waals surface area contributed by atoms with Crippen molar-refractivity contribution in [2.75, 3.05) is 0 Å². The average Bonchev–Trinajstić information content (AvgIpc) is 3.18. The fourth-order valence-corrected chi connectivity index (χ4v) is 3.05. The highest BCUT2D eigenvalue weighted by molar-refractivity contribution is 5.91. The van der Waals surface area contributed by atoms with Crippen molar-refractivity contribution < 1.29 is 4.52 Å². The molecule has 1 aliphatic rings. The second kappa shape index (κ2) is 4.74. The molecule has 1 saturated carbocycles. The van der Waals surface area contributed by atoms with Crippen molar-refractivity contribution in [2.24, 2.45) is 5.92 Å². The Kier molecular flexibility index (Phi) is 2.76. The summed E-state index contributed by atoms with van der Waals surface area (Å²) in [4.78, 5) is 12.0. The average molecular weight is 268 g/mol. The highest BCUT2D eigenvalue weighted by Gasteiger charge is 2.20. The van der Waals surface area contributed by atoms with Gasteiger partial charge in [-0.25, -0.2) is 4.98 Å². The third-order valence-corrected chi connectivity index (χ3v) is 4.10. The molecular formula is C15H16N4O. The molecule has 5 nitrogen and oxygen atoms in total. The zero-order chi connectivity index (χ0) is 13.4. The van der Waals surface area contributed by atoms with Crippen LogP contribution in [0.25, 0.3) is 22.4 Å². The molecule has 0 amide bonds. The Morgan fingerprint density at radius 3 is 3.10 bits per heavy atom. The van der Waals surface area contributed by atoms with E-state index in [9.17, 15) is 0 Å². The number of aromatic nitrogens is 4. The Morgan fingerprint density at radius 2 is 2.20 bits per heavy atom. The molecule has 1 aliphatic carbocycles. The SMILES string of the molecule is c1cnc2[nH]cc(-c3noc(CC4CCCC4)n3)c2c1. The number of fused-ring (bicyclic) bond motifs is 1. The molecule has 0 bridgehead atoms. The van der Waals surface area contributed by atoms with E-state index in [-0.39, 0.29) is 0 Å². The fourth-order valence-electron chi connectivity index (χ4n) is 3.05. The van der Waals surface area contributed by atoms with Gasteiger partial charge in [-0.2, -0.15) is 4.98 Å². The first kappa shape index (κ1) is 11.6. The molecule has 4 rings (SSSR count). The highest BCUT2D eigenvalue weighted by atomic mass is 16.5. The van der Waals surface area contributed by atoms with Gasteiger partial charge in [0.1, 0.15) is 5.65 Å². The number of nitrogens with one attached hydrogen (secondary N) is 1. The lowest BCUT2D eigenvalue weighted by atomic mass is 10.0. The first-order chi connectivity index (χ1) is 9.90. The minimum absolute atomic E-state index is 0.650. The summed E-state index contributed by atoms with van der Waals surface area (Å²) in [6.07, 6.45) is 9.81. The highest BCUT2D eigenvalue weighted by Crippen LogP contribution is 2.29. The zero-order valence-electron chi connectivity index (χ0n) is 11.2. The zero-order valence-corrected chi connectivity index (χ0v) is 11.2. The van der Waals surface area contributed by atoms with Crippen molar-refractivity contribution in [2.45, 2.75) is 32.1 Å². The number of hydrogen-bond acceptors (Lipinski definition) is 4. The number of aromatic amines is 1. The topological polar surface area (TPSA) is 67.6 Å². The summed E-state index contributed by atoms with van der Waals surface area (Å²) < 4.78 is 5.40. The standard InChI is InChI=1S/C15H16N4O/c1-2-5-10(4-1)8-13-18-15(19-20-13)12-9-17-14-11(12)6-3-7-16-14/h3,6-7,9-10H,1-2,4-5,8H2,(H,16,17). The molecule has 0 atom stereocenters. The molecule has 20 heavy (non-hydrogen) atoms. The minimum atomic E-state index is 0.650. The molecule has 0 saturated heterocycles. The summed E-state index contributed by atoms with van der Waals surface area (Å²) in [7, 11) is 0. The Balaban J connectivity index is 1.64. The summed E-state index contributed by atoms with van der Waals surface area (Å²) in [6.45, 7) is 0. The van der Waals surface area contributed by atoms with Crippen LogP contribution in [0.15, 0.2) is 29.0 Å². The van der Waals surface area contributed by atoms with Crippen molar-refractivity contribution in [1.29, 1.82) is 0 Å². The third kappa shape index (κ3) is 1.99. The van der Waals surface area contributed by atoms with Crippen LogP contribution in [0.4, 0.5) is 0 Å². The lowest BCUT2D eigenvalue weighted by molar-refractivity contribution is 0.353. The molecule has 3 heterocycles. The van der Waals surface area contributed by atoms with Crippen molar-refractivity contribution in [1.82, 2.24) is 20.1 Å². The van der Waals surface area contributed by atoms with Gasteiger partial charge in [0.15, 0.2) is 0 Å². The van der Waals surface area contributed by atoms with Crippen LogP contribution in [-0.2, 0) is 6.42 Å². The second-order valence-corrected chi connectivity index (χ2v) is 5.47. The van der Waals surface area contributed by atoms with Gasteiger partial charge in [0, 0.05) is 29.8 Å². The van der Waals surface area contributed by atoms with E-state index < -0.39 is 0 Å². The molecule has 3 aromatic rings. The number of nitrogens with zero attached hydrogens (tertiary/aromatic N) is 3. The van der Waals surface area contributed by atoms with Gasteiger partial charge in [-0.1, -0.05) is 18.0 Å². The van der Waals surface area contributed by atoms with Crippen LogP contribution in [0.1, 0.15) is 31.6 Å². The molecule has 1 fully saturated rings. The summed E-state index contributed by atoms with van der Waals surface area (Å²) in [5.41, 5.74) is 1.80. The van der Waals surface area contributed by atoms with E-state index in [0.717, 1.165) is 28.9 Å². The lowest BCUT2D eigenvalue weighted by Crippen LogP contribution is -1.98. The molecule has 102 valence electrons. The maximum atomic E-state index is 5.40. The third-order valence-electron chi connectivity index (χ3n) is 4.10. The number of rotatable bonds is 3. The Bertz CT molecular complexity index is 724. The quantitative estimate of drug-likeness (QED) is 0.791. The van der Waals surface area contributed by atoms with Gasteiger partial charge in [-0.15, -0.1) is 0 Å². The van der Waals surface area contributed by atoms with Crippen LogP contribution in [0, 0.1) is 5.92 Å². The predicted molar refractivity (Wildman–Crippen MR) is 75.0 cm³/mol. The van der Waals surface area contributed by atoms with Crippen LogP contribution in [0.2, 0.25) is 0 Å². The molecule has 1 N–H and O–H groups in total. The second-order valence-electron chi connectivity index (χ2n) is 5.47. The predicted octanol–water partition coefficient (Wildman–Crippen LogP) is 3.35. The number of hydrogen-bond donors (Lipinski definition) is 1. The van der Waals surface area contributed by atoms with Crippen molar-refractivity contribution in [3.8, 4) is 11.4 Å². The van der Waals surface area contributed by atoms with Crippen LogP contribution in [0.5, 0.6) is 0 Å². The molecule has 3 aromatic heterocycles. The summed E-state index contributed by atoms with van der Waals surface area (Å²) in [5, 5.41) is 5.15. The Hall–Kier alpha value is -2.17. The molecule has 0 aromatic carbocycles. The van der Waals surface area contributed by atoms with Gasteiger partial charge in [0.2, 0.25) is 11.7 Å². The monoisotopic (exact) mass is 268 g/mol. The van der Waals surface area contributed by atoms with Gasteiger partial charge in [0.25, 0.3) is 0 Å². The summed E-state index contributed by atoms with van der Waals surface area (Å²) in [5.74, 6) is 2.12. The van der Waals surface area contributed by atoms with Crippen LogP contribution in [-0.4, -0.2) is 20.1 Å². The van der Waals surface area contributed by atoms with E-state index in [1.807, 2.05) is 18.3 Å². The summed E-state index contributed by atoms with van der Waals surface area (Å²) in [6, 6.07) is 3.93. The minimum Gasteiger partial charge on any atom is -0.345 e. The van der Waals surface area contributed by atoms with Gasteiger partial charge in [-0.05, 0) is 30.9 Å². The Morgan fingerprint density at radius 1 is 1.30 bits per heavy atom. The first-order valence-electron chi connectivity index (χ1n) is 7.15. The van der Waals surface area contributed by atoms with Crippen LogP contribution in [0.3, 0.4) is 0 Å². The fraction of sp³-hybridized carbons (Fsp3) is 0.400. The van der Waals surface area contributed by atoms with E-state index in [1.54, 1.807) is 6.20 Å². The number of pyridine rings is 1. The molecule has 0 radical (unpaired) electrons. The first-order valence-corrected chi connectivity index (χ1v) is 7.15. The molecule has 0 unspecified atom stereocenters. The Labute approximate surface area is 116 Å². The molecule has 0 spiro atoms. The van der Waals surface area contributed by atoms with E-state index in [0.29, 0.717) is 11.7 Å². The number of H-pyrrole nitrogens is 1. The smallest absolute Gasteiger partial charge is 0.227 e. The van der Waals surface area contributed by atoms with E-state index >= 15 is 0 Å². The van der Waals surface area contributed by atoms with E-state index in [1.165, 1.54) is 25.7 Å². The maximum Gasteiger partial charge on any atom is 0.227 e. The van der Waals surface area contributed by atoms with Crippen molar-refractivity contribution in [3.63, 3.8) is 0 Å². The van der Waals surface area contributed by atoms with Gasteiger partial charge in [0.05, 0.1) is 0 Å². The van der Waals surface area contributed by atoms with Gasteiger partial charge in [-0.3, -0.25) is 0 Å². The van der Waals surface area contributed by atoms with Gasteiger partial charge < -0.3 is 9.51 Å². The van der Waals surface area contributed by atoms with E-state index in [2.05, 4.69) is 20.1 Å². The van der Waals surface area contributed by atoms with Crippen molar-refractivity contribution >= 4 is 11.0 Å². The van der Waals surface area contributed by atoms with Crippen molar-refractivity contribution in [3.05, 3.63) is 30.4 Å². The molecular weight excluding hydrogens is 252 g/mol. The van der Waals surface area contributed by atoms with E-state index in [4.69, 9.17) is 4.52 Å². The van der Waals surface area contributed by atoms with Gasteiger partial charge >= 0.3 is 0 Å². The van der Waals surface area contributed by atoms with Crippen LogP contribution >= 0.6 is 0 Å². The summed E-state index contributed by atoms with van der Waals surface area (Å²) >= 11 is 0. The molecule has 0 aliphatic heterocycles. The largest absolute Gasteiger partial charge is 0.345 e. The maximum absolute atomic E-state index is 5.40. The van der Waals surface area contributed by atoms with Crippen LogP contribution < -0.4 is 0 Å². The molecule has 5 heteroatoms. The normalized spacial score (nSPS) is 16.2.